The summed E-state index contributed by atoms with van der Waals surface area (Å²) in [5.41, 5.74) is 3.22. The van der Waals surface area contributed by atoms with Crippen LogP contribution in [0.5, 0.6) is 0 Å². The molecular formula is C25H28N2O4. The van der Waals surface area contributed by atoms with Crippen LogP contribution in [0.4, 0.5) is 0 Å². The van der Waals surface area contributed by atoms with Crippen LogP contribution in [0.1, 0.15) is 36.0 Å². The number of rotatable bonds is 6. The number of carbonyl (C=O) groups is 3. The summed E-state index contributed by atoms with van der Waals surface area (Å²) in [6, 6.07) is 17.1. The summed E-state index contributed by atoms with van der Waals surface area (Å²) in [5.74, 6) is -1.06. The van der Waals surface area contributed by atoms with Gasteiger partial charge in [0.2, 0.25) is 5.91 Å². The van der Waals surface area contributed by atoms with E-state index in [1.807, 2.05) is 61.5 Å². The number of likely N-dealkylation sites (tertiary alicyclic amines) is 1. The number of cyclic esters (lactones) is 1. The fraction of sp³-hybridized carbons (Fsp3) is 0.400. The fourth-order valence-electron chi connectivity index (χ4n) is 4.45. The molecule has 162 valence electrons. The number of hydrogen-bond acceptors (Lipinski definition) is 4. The average molecular weight is 421 g/mol. The second-order valence-corrected chi connectivity index (χ2v) is 8.38. The lowest BCUT2D eigenvalue weighted by molar-refractivity contribution is -0.155. The Labute approximate surface area is 182 Å². The standard InChI is InChI=1S/C25H28N2O4/c1-17-8-5-6-11-19(17)16-26-23(28)21-12-7-13-27(21)24(29)22-15-20(25(30)31-22)14-18-9-3-2-4-10-18/h2-6,8-11,20-22H,7,12-16H2,1H3,(H,26,28)/t20-,21+,22+/m1/s1. The maximum Gasteiger partial charge on any atom is 0.310 e. The van der Waals surface area contributed by atoms with Crippen LogP contribution >= 0.6 is 0 Å². The van der Waals surface area contributed by atoms with Gasteiger partial charge in [-0.3, -0.25) is 14.4 Å². The monoisotopic (exact) mass is 420 g/mol. The highest BCUT2D eigenvalue weighted by molar-refractivity contribution is 5.92. The van der Waals surface area contributed by atoms with E-state index in [9.17, 15) is 14.4 Å². The molecule has 2 saturated heterocycles. The Morgan fingerprint density at radius 2 is 1.84 bits per heavy atom. The van der Waals surface area contributed by atoms with Gasteiger partial charge in [-0.25, -0.2) is 0 Å². The molecule has 6 heteroatoms. The Morgan fingerprint density at radius 1 is 1.10 bits per heavy atom. The van der Waals surface area contributed by atoms with Crippen molar-refractivity contribution < 1.29 is 19.1 Å². The molecule has 2 fully saturated rings. The third-order valence-corrected chi connectivity index (χ3v) is 6.24. The predicted octanol–water partition coefficient (Wildman–Crippen LogP) is 2.78. The number of esters is 1. The summed E-state index contributed by atoms with van der Waals surface area (Å²) in [4.78, 5) is 39.9. The lowest BCUT2D eigenvalue weighted by atomic mass is 9.96. The van der Waals surface area contributed by atoms with Gasteiger partial charge in [0.25, 0.3) is 5.91 Å². The molecule has 2 heterocycles. The first-order chi connectivity index (χ1) is 15.0. The van der Waals surface area contributed by atoms with Crippen LogP contribution in [0.25, 0.3) is 0 Å². The largest absolute Gasteiger partial charge is 0.452 e. The molecule has 4 rings (SSSR count). The number of nitrogens with zero attached hydrogens (tertiary/aromatic N) is 1. The van der Waals surface area contributed by atoms with E-state index in [0.717, 1.165) is 23.1 Å². The minimum Gasteiger partial charge on any atom is -0.452 e. The van der Waals surface area contributed by atoms with E-state index in [0.29, 0.717) is 32.4 Å². The summed E-state index contributed by atoms with van der Waals surface area (Å²) < 4.78 is 5.43. The molecule has 0 bridgehead atoms. The van der Waals surface area contributed by atoms with Gasteiger partial charge >= 0.3 is 5.97 Å². The first-order valence-electron chi connectivity index (χ1n) is 10.9. The number of benzene rings is 2. The molecule has 2 aromatic rings. The van der Waals surface area contributed by atoms with E-state index >= 15 is 0 Å². The molecular weight excluding hydrogens is 392 g/mol. The van der Waals surface area contributed by atoms with Gasteiger partial charge in [-0.1, -0.05) is 54.6 Å². The van der Waals surface area contributed by atoms with Gasteiger partial charge in [0, 0.05) is 19.5 Å². The molecule has 3 atom stereocenters. The Kier molecular flexibility index (Phi) is 6.35. The smallest absolute Gasteiger partial charge is 0.310 e. The van der Waals surface area contributed by atoms with Crippen molar-refractivity contribution in [1.82, 2.24) is 10.2 Å². The Morgan fingerprint density at radius 3 is 2.61 bits per heavy atom. The number of amides is 2. The van der Waals surface area contributed by atoms with Gasteiger partial charge in [-0.15, -0.1) is 0 Å². The molecule has 1 N–H and O–H groups in total. The van der Waals surface area contributed by atoms with Crippen LogP contribution in [-0.2, 0) is 32.1 Å². The zero-order valence-electron chi connectivity index (χ0n) is 17.8. The molecule has 2 amide bonds. The molecule has 0 aromatic heterocycles. The normalized spacial score (nSPS) is 22.9. The van der Waals surface area contributed by atoms with Crippen LogP contribution in [0.3, 0.4) is 0 Å². The highest BCUT2D eigenvalue weighted by Gasteiger charge is 2.44. The van der Waals surface area contributed by atoms with Gasteiger partial charge in [0.1, 0.15) is 6.04 Å². The summed E-state index contributed by atoms with van der Waals surface area (Å²) in [7, 11) is 0. The van der Waals surface area contributed by atoms with Crippen LogP contribution in [0.2, 0.25) is 0 Å². The first-order valence-corrected chi connectivity index (χ1v) is 10.9. The molecule has 6 nitrogen and oxygen atoms in total. The Balaban J connectivity index is 1.36. The van der Waals surface area contributed by atoms with Crippen LogP contribution in [-0.4, -0.2) is 41.4 Å². The zero-order chi connectivity index (χ0) is 21.8. The number of hydrogen-bond donors (Lipinski definition) is 1. The molecule has 2 aromatic carbocycles. The van der Waals surface area contributed by atoms with E-state index in [2.05, 4.69) is 5.32 Å². The van der Waals surface area contributed by atoms with Crippen LogP contribution in [0.15, 0.2) is 54.6 Å². The molecule has 2 aliphatic rings. The van der Waals surface area contributed by atoms with Crippen LogP contribution < -0.4 is 5.32 Å². The number of aryl methyl sites for hydroxylation is 1. The maximum atomic E-state index is 13.1. The summed E-state index contributed by atoms with van der Waals surface area (Å²) in [6.07, 6.45) is 1.51. The topological polar surface area (TPSA) is 75.7 Å². The Hall–Kier alpha value is -3.15. The van der Waals surface area contributed by atoms with Gasteiger partial charge in [0.15, 0.2) is 6.10 Å². The van der Waals surface area contributed by atoms with Crippen molar-refractivity contribution in [3.05, 3.63) is 71.3 Å². The summed E-state index contributed by atoms with van der Waals surface area (Å²) >= 11 is 0. The van der Waals surface area contributed by atoms with Crippen molar-refractivity contribution in [2.45, 2.75) is 51.3 Å². The summed E-state index contributed by atoms with van der Waals surface area (Å²) in [5, 5.41) is 2.97. The van der Waals surface area contributed by atoms with E-state index in [1.54, 1.807) is 4.90 Å². The van der Waals surface area contributed by atoms with Crippen molar-refractivity contribution in [1.29, 1.82) is 0 Å². The van der Waals surface area contributed by atoms with Gasteiger partial charge < -0.3 is 15.0 Å². The van der Waals surface area contributed by atoms with Gasteiger partial charge in [0.05, 0.1) is 5.92 Å². The summed E-state index contributed by atoms with van der Waals surface area (Å²) in [6.45, 7) is 2.95. The Bertz CT molecular complexity index is 959. The van der Waals surface area contributed by atoms with E-state index < -0.39 is 12.1 Å². The van der Waals surface area contributed by atoms with Gasteiger partial charge in [-0.05, 0) is 42.9 Å². The molecule has 0 aliphatic carbocycles. The van der Waals surface area contributed by atoms with E-state index in [1.165, 1.54) is 0 Å². The van der Waals surface area contributed by atoms with Crippen molar-refractivity contribution in [3.63, 3.8) is 0 Å². The molecule has 31 heavy (non-hydrogen) atoms. The number of nitrogens with one attached hydrogen (secondary N) is 1. The van der Waals surface area contributed by atoms with Crippen molar-refractivity contribution in [3.8, 4) is 0 Å². The minimum absolute atomic E-state index is 0.153. The fourth-order valence-corrected chi connectivity index (χ4v) is 4.45. The van der Waals surface area contributed by atoms with E-state index in [4.69, 9.17) is 4.74 Å². The van der Waals surface area contributed by atoms with Gasteiger partial charge in [-0.2, -0.15) is 0 Å². The predicted molar refractivity (Wildman–Crippen MR) is 116 cm³/mol. The highest BCUT2D eigenvalue weighted by atomic mass is 16.6. The first kappa shape index (κ1) is 21.1. The SMILES string of the molecule is Cc1ccccc1CNC(=O)[C@@H]1CCCN1C(=O)[C@@H]1C[C@@H](Cc2ccccc2)C(=O)O1. The highest BCUT2D eigenvalue weighted by Crippen LogP contribution is 2.28. The van der Waals surface area contributed by atoms with Crippen molar-refractivity contribution >= 4 is 17.8 Å². The lowest BCUT2D eigenvalue weighted by Crippen LogP contribution is -2.49. The second-order valence-electron chi connectivity index (χ2n) is 8.38. The maximum absolute atomic E-state index is 13.1. The number of ether oxygens (including phenoxy) is 1. The average Bonchev–Trinajstić information content (AvgIpc) is 3.41. The molecule has 0 spiro atoms. The molecule has 0 radical (unpaired) electrons. The zero-order valence-corrected chi connectivity index (χ0v) is 17.8. The third kappa shape index (κ3) is 4.79. The molecule has 0 saturated carbocycles. The van der Waals surface area contributed by atoms with Crippen molar-refractivity contribution in [2.75, 3.05) is 6.54 Å². The molecule has 0 unspecified atom stereocenters. The van der Waals surface area contributed by atoms with Crippen molar-refractivity contribution in [2.24, 2.45) is 5.92 Å². The van der Waals surface area contributed by atoms with E-state index in [-0.39, 0.29) is 23.7 Å². The molecule has 2 aliphatic heterocycles. The quantitative estimate of drug-likeness (QED) is 0.729. The number of carbonyl (C=O) groups excluding carboxylic acids is 3. The second kappa shape index (κ2) is 9.33. The van der Waals surface area contributed by atoms with Crippen LogP contribution in [0, 0.1) is 12.8 Å². The minimum atomic E-state index is -0.800. The lowest BCUT2D eigenvalue weighted by Gasteiger charge is -2.26. The third-order valence-electron chi connectivity index (χ3n) is 6.24.